The predicted octanol–water partition coefficient (Wildman–Crippen LogP) is 4.13. The number of benzene rings is 1. The summed E-state index contributed by atoms with van der Waals surface area (Å²) >= 11 is 5.33. The van der Waals surface area contributed by atoms with Crippen LogP contribution in [0, 0.1) is 18.6 Å². The first kappa shape index (κ1) is 19.1. The number of hydrogen-bond donors (Lipinski definition) is 1. The number of aryl methyl sites for hydroxylation is 1. The Labute approximate surface area is 172 Å². The van der Waals surface area contributed by atoms with Crippen molar-refractivity contribution in [2.45, 2.75) is 33.7 Å². The van der Waals surface area contributed by atoms with Crippen molar-refractivity contribution in [3.05, 3.63) is 74.7 Å². The SMILES string of the molecule is Cc1cc(/C=N\n2c(=S)[nH]c3ccccc3c2=O)c(C)n1-c1ccnn1C(C)C. The average Bonchev–Trinajstić information content (AvgIpc) is 3.26. The third-order valence-corrected chi connectivity index (χ3v) is 5.21. The minimum absolute atomic E-state index is 0.243. The van der Waals surface area contributed by atoms with Gasteiger partial charge < -0.3 is 9.55 Å². The van der Waals surface area contributed by atoms with Gasteiger partial charge in [0.15, 0.2) is 0 Å². The molecular weight excluding hydrogens is 384 g/mol. The molecule has 0 spiro atoms. The summed E-state index contributed by atoms with van der Waals surface area (Å²) < 4.78 is 5.60. The fourth-order valence-corrected chi connectivity index (χ4v) is 3.77. The largest absolute Gasteiger partial charge is 0.330 e. The molecule has 0 saturated heterocycles. The Morgan fingerprint density at radius 1 is 1.21 bits per heavy atom. The van der Waals surface area contributed by atoms with Gasteiger partial charge in [-0.05, 0) is 58.1 Å². The van der Waals surface area contributed by atoms with Crippen molar-refractivity contribution in [3.63, 3.8) is 0 Å². The molecule has 4 aromatic rings. The van der Waals surface area contributed by atoms with Crippen LogP contribution in [0.15, 0.2) is 52.5 Å². The minimum atomic E-state index is -0.243. The molecule has 0 amide bonds. The number of rotatable bonds is 4. The summed E-state index contributed by atoms with van der Waals surface area (Å²) in [5, 5.41) is 9.36. The van der Waals surface area contributed by atoms with Crippen LogP contribution in [0.1, 0.15) is 36.8 Å². The molecule has 8 heteroatoms. The molecule has 1 N–H and O–H groups in total. The van der Waals surface area contributed by atoms with E-state index >= 15 is 0 Å². The van der Waals surface area contributed by atoms with Crippen LogP contribution >= 0.6 is 12.2 Å². The molecule has 0 fully saturated rings. The Morgan fingerprint density at radius 2 is 1.97 bits per heavy atom. The van der Waals surface area contributed by atoms with Crippen LogP contribution in [0.25, 0.3) is 16.7 Å². The molecule has 7 nitrogen and oxygen atoms in total. The monoisotopic (exact) mass is 406 g/mol. The number of hydrogen-bond acceptors (Lipinski definition) is 4. The van der Waals surface area contributed by atoms with Gasteiger partial charge in [-0.15, -0.1) is 0 Å². The van der Waals surface area contributed by atoms with Gasteiger partial charge in [0.2, 0.25) is 4.77 Å². The van der Waals surface area contributed by atoms with Crippen molar-refractivity contribution in [1.82, 2.24) is 24.0 Å². The smallest absolute Gasteiger partial charge is 0.282 e. The van der Waals surface area contributed by atoms with Gasteiger partial charge in [0.25, 0.3) is 5.56 Å². The van der Waals surface area contributed by atoms with Crippen LogP contribution in [0.3, 0.4) is 0 Å². The van der Waals surface area contributed by atoms with Crippen LogP contribution in [-0.2, 0) is 0 Å². The Kier molecular flexibility index (Phi) is 4.79. The summed E-state index contributed by atoms with van der Waals surface area (Å²) in [6.07, 6.45) is 3.48. The first-order valence-electron chi connectivity index (χ1n) is 9.39. The van der Waals surface area contributed by atoms with Gasteiger partial charge in [0.1, 0.15) is 5.82 Å². The van der Waals surface area contributed by atoms with E-state index in [0.29, 0.717) is 10.9 Å². The highest BCUT2D eigenvalue weighted by Gasteiger charge is 2.14. The average molecular weight is 407 g/mol. The molecule has 0 aliphatic heterocycles. The highest BCUT2D eigenvalue weighted by Crippen LogP contribution is 2.21. The molecule has 0 aliphatic rings. The predicted molar refractivity (Wildman–Crippen MR) is 118 cm³/mol. The summed E-state index contributed by atoms with van der Waals surface area (Å²) in [5.41, 5.74) is 3.44. The maximum atomic E-state index is 12.8. The molecule has 29 heavy (non-hydrogen) atoms. The summed E-state index contributed by atoms with van der Waals surface area (Å²) in [5.74, 6) is 0.995. The molecule has 4 rings (SSSR count). The maximum absolute atomic E-state index is 12.8. The number of fused-ring (bicyclic) bond motifs is 1. The molecule has 3 aromatic heterocycles. The highest BCUT2D eigenvalue weighted by molar-refractivity contribution is 7.71. The summed E-state index contributed by atoms with van der Waals surface area (Å²) in [4.78, 5) is 15.8. The maximum Gasteiger partial charge on any atom is 0.282 e. The van der Waals surface area contributed by atoms with E-state index in [-0.39, 0.29) is 16.4 Å². The number of para-hydroxylation sites is 1. The summed E-state index contributed by atoms with van der Waals surface area (Å²) in [6, 6.07) is 11.5. The Morgan fingerprint density at radius 3 is 2.72 bits per heavy atom. The number of aromatic nitrogens is 5. The fourth-order valence-electron chi connectivity index (χ4n) is 3.53. The second kappa shape index (κ2) is 7.29. The van der Waals surface area contributed by atoms with Crippen molar-refractivity contribution in [2.24, 2.45) is 5.10 Å². The highest BCUT2D eigenvalue weighted by atomic mass is 32.1. The van der Waals surface area contributed by atoms with Gasteiger partial charge >= 0.3 is 0 Å². The summed E-state index contributed by atoms with van der Waals surface area (Å²) in [6.45, 7) is 8.26. The first-order chi connectivity index (χ1) is 13.9. The van der Waals surface area contributed by atoms with Crippen LogP contribution in [-0.4, -0.2) is 30.2 Å². The molecule has 0 bridgehead atoms. The Hall–Kier alpha value is -3.26. The van der Waals surface area contributed by atoms with Crippen molar-refractivity contribution in [1.29, 1.82) is 0 Å². The van der Waals surface area contributed by atoms with Crippen LogP contribution < -0.4 is 5.56 Å². The lowest BCUT2D eigenvalue weighted by Crippen LogP contribution is -2.18. The summed E-state index contributed by atoms with van der Waals surface area (Å²) in [7, 11) is 0. The number of nitrogens with one attached hydrogen (secondary N) is 1. The van der Waals surface area contributed by atoms with E-state index in [1.807, 2.05) is 48.9 Å². The molecule has 1 aromatic carbocycles. The zero-order chi connectivity index (χ0) is 20.7. The van der Waals surface area contributed by atoms with Gasteiger partial charge in [-0.3, -0.25) is 4.79 Å². The molecule has 0 aliphatic carbocycles. The van der Waals surface area contributed by atoms with Gasteiger partial charge in [0.05, 0.1) is 23.3 Å². The van der Waals surface area contributed by atoms with E-state index in [9.17, 15) is 4.79 Å². The topological polar surface area (TPSA) is 72.9 Å². The van der Waals surface area contributed by atoms with E-state index in [0.717, 1.165) is 22.8 Å². The van der Waals surface area contributed by atoms with Gasteiger partial charge in [-0.2, -0.15) is 14.9 Å². The lowest BCUT2D eigenvalue weighted by atomic mass is 10.2. The van der Waals surface area contributed by atoms with Crippen molar-refractivity contribution in [3.8, 4) is 5.82 Å². The third-order valence-electron chi connectivity index (χ3n) is 4.93. The van der Waals surface area contributed by atoms with Crippen LogP contribution in [0.4, 0.5) is 0 Å². The van der Waals surface area contributed by atoms with Gasteiger partial charge in [0, 0.05) is 29.1 Å². The zero-order valence-corrected chi connectivity index (χ0v) is 17.6. The lowest BCUT2D eigenvalue weighted by molar-refractivity contribution is 0.519. The first-order valence-corrected chi connectivity index (χ1v) is 9.80. The number of H-pyrrole nitrogens is 1. The Bertz CT molecular complexity index is 1350. The van der Waals surface area contributed by atoms with Crippen molar-refractivity contribution >= 4 is 29.3 Å². The van der Waals surface area contributed by atoms with Gasteiger partial charge in [-0.1, -0.05) is 12.1 Å². The molecule has 0 unspecified atom stereocenters. The van der Waals surface area contributed by atoms with Gasteiger partial charge in [-0.25, -0.2) is 4.68 Å². The molecular formula is C21H22N6OS. The van der Waals surface area contributed by atoms with E-state index in [1.165, 1.54) is 4.68 Å². The molecule has 0 atom stereocenters. The Balaban J connectivity index is 1.80. The van der Waals surface area contributed by atoms with E-state index in [2.05, 4.69) is 33.6 Å². The molecule has 0 radical (unpaired) electrons. The standard InChI is InChI=1S/C21H22N6OS/c1-13(2)26-19(9-10-22-26)25-14(3)11-16(15(25)4)12-23-27-20(28)17-7-5-6-8-18(17)24-21(27)29/h5-13H,1-4H3,(H,24,29)/b23-12-. The molecule has 3 heterocycles. The van der Waals surface area contributed by atoms with E-state index < -0.39 is 0 Å². The zero-order valence-electron chi connectivity index (χ0n) is 16.7. The number of aromatic amines is 1. The van der Waals surface area contributed by atoms with Crippen LogP contribution in [0.2, 0.25) is 0 Å². The minimum Gasteiger partial charge on any atom is -0.330 e. The lowest BCUT2D eigenvalue weighted by Gasteiger charge is -2.15. The van der Waals surface area contributed by atoms with E-state index in [1.54, 1.807) is 18.5 Å². The van der Waals surface area contributed by atoms with Crippen molar-refractivity contribution < 1.29 is 0 Å². The molecule has 0 saturated carbocycles. The quantitative estimate of drug-likeness (QED) is 0.409. The normalized spacial score (nSPS) is 11.9. The second-order valence-electron chi connectivity index (χ2n) is 7.23. The second-order valence-corrected chi connectivity index (χ2v) is 7.61. The fraction of sp³-hybridized carbons (Fsp3) is 0.238. The molecule has 148 valence electrons. The van der Waals surface area contributed by atoms with Crippen molar-refractivity contribution in [2.75, 3.05) is 0 Å². The van der Waals surface area contributed by atoms with Crippen LogP contribution in [0.5, 0.6) is 0 Å². The number of nitrogens with zero attached hydrogens (tertiary/aromatic N) is 5. The third kappa shape index (κ3) is 3.25. The van der Waals surface area contributed by atoms with E-state index in [4.69, 9.17) is 12.2 Å².